The summed E-state index contributed by atoms with van der Waals surface area (Å²) in [6.45, 7) is 4.14. The van der Waals surface area contributed by atoms with Gasteiger partial charge in [-0.15, -0.1) is 0 Å². The van der Waals surface area contributed by atoms with Gasteiger partial charge in [-0.25, -0.2) is 0 Å². The van der Waals surface area contributed by atoms with E-state index in [-0.39, 0.29) is 6.61 Å². The number of rotatable bonds is 32. The molecule has 0 saturated heterocycles. The lowest BCUT2D eigenvalue weighted by molar-refractivity contribution is -0.131. The molecule has 0 aliphatic rings. The molecular formula is C37H71NO4. The van der Waals surface area contributed by atoms with Gasteiger partial charge in [-0.05, 0) is 32.1 Å². The summed E-state index contributed by atoms with van der Waals surface area (Å²) in [6.07, 6.45) is 37.6. The fraction of sp³-hybridized carbons (Fsp3) is 0.865. The van der Waals surface area contributed by atoms with Gasteiger partial charge in [0.1, 0.15) is 6.10 Å². The van der Waals surface area contributed by atoms with Crippen LogP contribution < -0.4 is 5.32 Å². The van der Waals surface area contributed by atoms with Crippen molar-refractivity contribution < 1.29 is 20.1 Å². The van der Waals surface area contributed by atoms with Crippen molar-refractivity contribution in [3.63, 3.8) is 0 Å². The zero-order valence-electron chi connectivity index (χ0n) is 27.9. The number of amides is 1. The summed E-state index contributed by atoms with van der Waals surface area (Å²) in [6, 6.07) is -0.808. The number of allylic oxidation sites excluding steroid dienone is 3. The summed E-state index contributed by atoms with van der Waals surface area (Å²) in [5, 5.41) is 32.9. The van der Waals surface area contributed by atoms with Crippen molar-refractivity contribution in [3.05, 3.63) is 24.3 Å². The number of carbonyl (C=O) groups excluding carboxylic acids is 1. The summed E-state index contributed by atoms with van der Waals surface area (Å²) < 4.78 is 0. The Morgan fingerprint density at radius 3 is 1.45 bits per heavy atom. The van der Waals surface area contributed by atoms with Crippen LogP contribution in [0.1, 0.15) is 181 Å². The third-order valence-electron chi connectivity index (χ3n) is 8.29. The summed E-state index contributed by atoms with van der Waals surface area (Å²) in [5.74, 6) is -0.514. The molecule has 1 amide bonds. The Labute approximate surface area is 261 Å². The second-order valence-corrected chi connectivity index (χ2v) is 12.4. The largest absolute Gasteiger partial charge is 0.394 e. The molecule has 5 heteroatoms. The first-order chi connectivity index (χ1) is 20.6. The quantitative estimate of drug-likeness (QED) is 0.0462. The van der Waals surface area contributed by atoms with Crippen LogP contribution in [0.5, 0.6) is 0 Å². The molecule has 0 fully saturated rings. The highest BCUT2D eigenvalue weighted by Gasteiger charge is 2.22. The van der Waals surface area contributed by atoms with E-state index in [1.54, 1.807) is 6.08 Å². The molecule has 0 aliphatic carbocycles. The van der Waals surface area contributed by atoms with Gasteiger partial charge in [0.05, 0.1) is 18.8 Å². The third-order valence-corrected chi connectivity index (χ3v) is 8.29. The van der Waals surface area contributed by atoms with Crippen LogP contribution in [0.2, 0.25) is 0 Å². The van der Waals surface area contributed by atoms with Crippen LogP contribution in [0, 0.1) is 0 Å². The molecule has 0 unspecified atom stereocenters. The van der Waals surface area contributed by atoms with Crippen molar-refractivity contribution in [2.24, 2.45) is 0 Å². The molecule has 248 valence electrons. The van der Waals surface area contributed by atoms with Gasteiger partial charge in [0.25, 0.3) is 0 Å². The van der Waals surface area contributed by atoms with Crippen LogP contribution in [0.25, 0.3) is 0 Å². The number of hydrogen-bond donors (Lipinski definition) is 4. The maximum absolute atomic E-state index is 12.4. The lowest BCUT2D eigenvalue weighted by Gasteiger charge is -2.21. The summed E-state index contributed by atoms with van der Waals surface area (Å²) in [4.78, 5) is 12.4. The average molecular weight is 594 g/mol. The first-order valence-electron chi connectivity index (χ1n) is 18.2. The van der Waals surface area contributed by atoms with Gasteiger partial charge in [-0.1, -0.05) is 173 Å². The Kier molecular flexibility index (Phi) is 31.8. The molecule has 0 aromatic heterocycles. The van der Waals surface area contributed by atoms with E-state index in [4.69, 9.17) is 0 Å². The third kappa shape index (κ3) is 27.7. The lowest BCUT2D eigenvalue weighted by atomic mass is 10.0. The fourth-order valence-electron chi connectivity index (χ4n) is 5.38. The van der Waals surface area contributed by atoms with E-state index in [1.807, 2.05) is 6.08 Å². The molecule has 0 spiro atoms. The van der Waals surface area contributed by atoms with Crippen molar-refractivity contribution >= 4 is 5.91 Å². The van der Waals surface area contributed by atoms with Crippen molar-refractivity contribution in [3.8, 4) is 0 Å². The fourth-order valence-corrected chi connectivity index (χ4v) is 5.38. The van der Waals surface area contributed by atoms with Crippen LogP contribution in [-0.2, 0) is 4.79 Å². The highest BCUT2D eigenvalue weighted by molar-refractivity contribution is 5.80. The average Bonchev–Trinajstić information content (AvgIpc) is 2.99. The number of aliphatic hydroxyl groups excluding tert-OH is 3. The Balaban J connectivity index is 3.78. The van der Waals surface area contributed by atoms with Crippen molar-refractivity contribution in [1.82, 2.24) is 5.32 Å². The van der Waals surface area contributed by atoms with Gasteiger partial charge >= 0.3 is 0 Å². The Hall–Kier alpha value is -1.17. The maximum atomic E-state index is 12.4. The molecule has 0 aromatic carbocycles. The molecule has 3 atom stereocenters. The second kappa shape index (κ2) is 32.7. The van der Waals surface area contributed by atoms with Gasteiger partial charge in [0.2, 0.25) is 5.91 Å². The van der Waals surface area contributed by atoms with E-state index >= 15 is 0 Å². The van der Waals surface area contributed by atoms with Gasteiger partial charge < -0.3 is 20.6 Å². The van der Waals surface area contributed by atoms with E-state index in [9.17, 15) is 20.1 Å². The zero-order chi connectivity index (χ0) is 30.9. The predicted molar refractivity (Wildman–Crippen MR) is 181 cm³/mol. The Bertz CT molecular complexity index is 621. The molecule has 0 rings (SSSR count). The predicted octanol–water partition coefficient (Wildman–Crippen LogP) is 9.48. The van der Waals surface area contributed by atoms with Gasteiger partial charge in [-0.2, -0.15) is 0 Å². The van der Waals surface area contributed by atoms with Crippen LogP contribution in [0.3, 0.4) is 0 Å². The maximum Gasteiger partial charge on any atom is 0.249 e. The molecule has 0 aliphatic heterocycles. The van der Waals surface area contributed by atoms with E-state index in [2.05, 4.69) is 31.3 Å². The summed E-state index contributed by atoms with van der Waals surface area (Å²) in [7, 11) is 0. The number of aliphatic hydroxyl groups is 3. The van der Waals surface area contributed by atoms with Gasteiger partial charge in [0, 0.05) is 0 Å². The molecule has 0 heterocycles. The Morgan fingerprint density at radius 1 is 0.571 bits per heavy atom. The van der Waals surface area contributed by atoms with E-state index in [1.165, 1.54) is 122 Å². The molecule has 0 aromatic rings. The smallest absolute Gasteiger partial charge is 0.249 e. The molecule has 0 bridgehead atoms. The monoisotopic (exact) mass is 594 g/mol. The van der Waals surface area contributed by atoms with Crippen LogP contribution in [-0.4, -0.2) is 46.1 Å². The normalized spacial score (nSPS) is 14.1. The molecule has 0 saturated carbocycles. The number of hydrogen-bond acceptors (Lipinski definition) is 4. The van der Waals surface area contributed by atoms with Crippen molar-refractivity contribution in [2.45, 2.75) is 199 Å². The molecule has 5 nitrogen and oxygen atoms in total. The minimum absolute atomic E-state index is 0.374. The minimum atomic E-state index is -1.10. The van der Waals surface area contributed by atoms with Crippen molar-refractivity contribution in [2.75, 3.05) is 6.61 Å². The van der Waals surface area contributed by atoms with E-state index in [0.717, 1.165) is 38.5 Å². The number of carbonyl (C=O) groups is 1. The van der Waals surface area contributed by atoms with Crippen molar-refractivity contribution in [1.29, 1.82) is 0 Å². The molecular weight excluding hydrogens is 522 g/mol. The number of unbranched alkanes of at least 4 members (excludes halogenated alkanes) is 22. The van der Waals surface area contributed by atoms with Gasteiger partial charge in [-0.3, -0.25) is 4.79 Å². The standard InChI is InChI=1S/C37H71NO4/c1-3-5-7-9-11-13-15-17-18-20-22-24-26-28-30-32-36(41)37(42)38-34(33-39)35(40)31-29-27-25-23-21-19-16-14-12-10-8-6-4-2/h21,23,29,31,34-36,39-41H,3-20,22,24-28,30,32-33H2,1-2H3,(H,38,42)/b23-21+,31-29+/t34-,35+,36-/m0/s1. The highest BCUT2D eigenvalue weighted by Crippen LogP contribution is 2.14. The SMILES string of the molecule is CCCCCCCCC/C=C/CC/C=C/[C@@H](O)[C@H](CO)NC(=O)[C@@H](O)CCCCCCCCCCCCCCCCC. The Morgan fingerprint density at radius 2 is 0.976 bits per heavy atom. The zero-order valence-corrected chi connectivity index (χ0v) is 27.9. The van der Waals surface area contributed by atoms with E-state index in [0.29, 0.717) is 6.42 Å². The van der Waals surface area contributed by atoms with Crippen LogP contribution in [0.4, 0.5) is 0 Å². The summed E-state index contributed by atoms with van der Waals surface area (Å²) >= 11 is 0. The van der Waals surface area contributed by atoms with Crippen LogP contribution >= 0.6 is 0 Å². The number of nitrogens with one attached hydrogen (secondary N) is 1. The minimum Gasteiger partial charge on any atom is -0.394 e. The van der Waals surface area contributed by atoms with E-state index < -0.39 is 24.2 Å². The topological polar surface area (TPSA) is 89.8 Å². The molecule has 4 N–H and O–H groups in total. The summed E-state index contributed by atoms with van der Waals surface area (Å²) in [5.41, 5.74) is 0. The van der Waals surface area contributed by atoms with Crippen LogP contribution in [0.15, 0.2) is 24.3 Å². The second-order valence-electron chi connectivity index (χ2n) is 12.4. The van der Waals surface area contributed by atoms with Gasteiger partial charge in [0.15, 0.2) is 0 Å². The molecule has 42 heavy (non-hydrogen) atoms. The first kappa shape index (κ1) is 40.8. The highest BCUT2D eigenvalue weighted by atomic mass is 16.3. The first-order valence-corrected chi connectivity index (χ1v) is 18.2. The lowest BCUT2D eigenvalue weighted by Crippen LogP contribution is -2.48. The molecule has 0 radical (unpaired) electrons.